The van der Waals surface area contributed by atoms with Crippen molar-refractivity contribution in [2.75, 3.05) is 25.6 Å². The van der Waals surface area contributed by atoms with E-state index in [-0.39, 0.29) is 24.0 Å². The first kappa shape index (κ1) is 21.9. The van der Waals surface area contributed by atoms with Gasteiger partial charge < -0.3 is 24.8 Å². The number of amides is 1. The van der Waals surface area contributed by atoms with Gasteiger partial charge in [-0.2, -0.15) is 0 Å². The van der Waals surface area contributed by atoms with E-state index >= 15 is 0 Å². The standard InChI is InChI=1S/C20H24N2O7/c1-4-12(2)17(20(26)27-3)22-15(24)11-29-19(25)16-14(23)10-28-18(16)21-13-8-6-5-7-9-13/h5-9,12,17,21H,4,10-11H2,1-3H3,(H,22,24)/t12-,17-/m1/s1. The van der Waals surface area contributed by atoms with Crippen molar-refractivity contribution < 1.29 is 33.4 Å². The molecule has 9 heteroatoms. The first-order valence-corrected chi connectivity index (χ1v) is 9.14. The maximum Gasteiger partial charge on any atom is 0.347 e. The highest BCUT2D eigenvalue weighted by Gasteiger charge is 2.33. The highest BCUT2D eigenvalue weighted by Crippen LogP contribution is 2.20. The molecule has 2 rings (SSSR count). The number of benzene rings is 1. The lowest BCUT2D eigenvalue weighted by molar-refractivity contribution is -0.149. The van der Waals surface area contributed by atoms with E-state index in [1.807, 2.05) is 13.0 Å². The lowest BCUT2D eigenvalue weighted by atomic mass is 9.99. The van der Waals surface area contributed by atoms with Crippen molar-refractivity contribution >= 4 is 29.3 Å². The number of methoxy groups -OCH3 is 1. The number of nitrogens with one attached hydrogen (secondary N) is 2. The molecule has 0 bridgehead atoms. The van der Waals surface area contributed by atoms with Crippen LogP contribution in [0.25, 0.3) is 0 Å². The van der Waals surface area contributed by atoms with Crippen molar-refractivity contribution in [2.45, 2.75) is 26.3 Å². The minimum Gasteiger partial charge on any atom is -0.470 e. The third-order valence-electron chi connectivity index (χ3n) is 4.41. The Hall–Kier alpha value is -3.36. The van der Waals surface area contributed by atoms with Crippen LogP contribution in [0.2, 0.25) is 0 Å². The van der Waals surface area contributed by atoms with E-state index in [9.17, 15) is 19.2 Å². The maximum atomic E-state index is 12.3. The van der Waals surface area contributed by atoms with Gasteiger partial charge in [0.15, 0.2) is 18.8 Å². The molecule has 9 nitrogen and oxygen atoms in total. The zero-order valence-electron chi connectivity index (χ0n) is 16.5. The van der Waals surface area contributed by atoms with Crippen molar-refractivity contribution in [1.82, 2.24) is 5.32 Å². The third-order valence-corrected chi connectivity index (χ3v) is 4.41. The lowest BCUT2D eigenvalue weighted by Crippen LogP contribution is -2.47. The molecule has 156 valence electrons. The molecule has 2 N–H and O–H groups in total. The molecule has 1 heterocycles. The quantitative estimate of drug-likeness (QED) is 0.465. The Morgan fingerprint density at radius 1 is 1.21 bits per heavy atom. The van der Waals surface area contributed by atoms with Crippen LogP contribution in [0.1, 0.15) is 20.3 Å². The number of anilines is 1. The molecular formula is C20H24N2O7. The van der Waals surface area contributed by atoms with E-state index in [0.29, 0.717) is 12.1 Å². The Morgan fingerprint density at radius 3 is 2.52 bits per heavy atom. The largest absolute Gasteiger partial charge is 0.470 e. The summed E-state index contributed by atoms with van der Waals surface area (Å²) in [7, 11) is 1.23. The topological polar surface area (TPSA) is 120 Å². The van der Waals surface area contributed by atoms with E-state index in [0.717, 1.165) is 0 Å². The van der Waals surface area contributed by atoms with Gasteiger partial charge in [-0.25, -0.2) is 9.59 Å². The van der Waals surface area contributed by atoms with E-state index in [4.69, 9.17) is 9.47 Å². The molecule has 0 spiro atoms. The molecule has 0 unspecified atom stereocenters. The summed E-state index contributed by atoms with van der Waals surface area (Å²) in [6.45, 7) is 2.70. The fourth-order valence-electron chi connectivity index (χ4n) is 2.58. The smallest absolute Gasteiger partial charge is 0.347 e. The van der Waals surface area contributed by atoms with E-state index < -0.39 is 36.3 Å². The number of ketones is 1. The number of ether oxygens (including phenoxy) is 3. The Morgan fingerprint density at radius 2 is 1.90 bits per heavy atom. The minimum absolute atomic E-state index is 0.0290. The zero-order chi connectivity index (χ0) is 21.4. The molecule has 1 aliphatic rings. The molecule has 1 aromatic rings. The van der Waals surface area contributed by atoms with Crippen LogP contribution in [-0.2, 0) is 33.4 Å². The van der Waals surface area contributed by atoms with Gasteiger partial charge in [0.05, 0.1) is 7.11 Å². The molecule has 0 aliphatic carbocycles. The second-order valence-electron chi connectivity index (χ2n) is 6.44. The van der Waals surface area contributed by atoms with Crippen LogP contribution >= 0.6 is 0 Å². The SMILES string of the molecule is CC[C@@H](C)[C@@H](NC(=O)COC(=O)C1=C(Nc2ccccc2)OCC1=O)C(=O)OC. The second kappa shape index (κ2) is 10.3. The maximum absolute atomic E-state index is 12.3. The van der Waals surface area contributed by atoms with Crippen LogP contribution in [0.4, 0.5) is 5.69 Å². The predicted octanol–water partition coefficient (Wildman–Crippen LogP) is 1.16. The van der Waals surface area contributed by atoms with Crippen LogP contribution in [0.3, 0.4) is 0 Å². The summed E-state index contributed by atoms with van der Waals surface area (Å²) in [4.78, 5) is 48.3. The van der Waals surface area contributed by atoms with Crippen molar-refractivity contribution in [3.63, 3.8) is 0 Å². The first-order chi connectivity index (χ1) is 13.9. The average molecular weight is 404 g/mol. The summed E-state index contributed by atoms with van der Waals surface area (Å²) in [5.41, 5.74) is 0.322. The highest BCUT2D eigenvalue weighted by atomic mass is 16.5. The summed E-state index contributed by atoms with van der Waals surface area (Å²) < 4.78 is 14.9. The third kappa shape index (κ3) is 5.81. The van der Waals surface area contributed by atoms with Gasteiger partial charge in [-0.15, -0.1) is 0 Å². The van der Waals surface area contributed by atoms with Crippen molar-refractivity contribution in [3.05, 3.63) is 41.8 Å². The van der Waals surface area contributed by atoms with Gasteiger partial charge in [0.2, 0.25) is 11.7 Å². The molecule has 1 aliphatic heterocycles. The Balaban J connectivity index is 2.00. The normalized spacial score (nSPS) is 15.2. The Kier molecular flexibility index (Phi) is 7.76. The minimum atomic E-state index is -0.987. The van der Waals surface area contributed by atoms with Gasteiger partial charge in [-0.05, 0) is 18.1 Å². The van der Waals surface area contributed by atoms with Crippen molar-refractivity contribution in [3.8, 4) is 0 Å². The van der Waals surface area contributed by atoms with Crippen LogP contribution in [0.5, 0.6) is 0 Å². The van der Waals surface area contributed by atoms with Gasteiger partial charge in [0.1, 0.15) is 6.04 Å². The molecule has 0 saturated heterocycles. The molecule has 29 heavy (non-hydrogen) atoms. The predicted molar refractivity (Wildman–Crippen MR) is 102 cm³/mol. The lowest BCUT2D eigenvalue weighted by Gasteiger charge is -2.21. The average Bonchev–Trinajstić information content (AvgIpc) is 3.09. The van der Waals surface area contributed by atoms with E-state index in [1.165, 1.54) is 7.11 Å². The number of carbonyl (C=O) groups excluding carboxylic acids is 4. The van der Waals surface area contributed by atoms with Crippen LogP contribution in [0.15, 0.2) is 41.8 Å². The molecule has 0 saturated carbocycles. The molecule has 0 fully saturated rings. The van der Waals surface area contributed by atoms with Crippen LogP contribution in [0, 0.1) is 5.92 Å². The highest BCUT2D eigenvalue weighted by molar-refractivity contribution is 6.20. The number of Topliss-reactive ketones (excluding diaryl/α,β-unsaturated/α-hetero) is 1. The van der Waals surface area contributed by atoms with E-state index in [2.05, 4.69) is 15.4 Å². The molecule has 1 amide bonds. The monoisotopic (exact) mass is 404 g/mol. The first-order valence-electron chi connectivity index (χ1n) is 9.14. The summed E-state index contributed by atoms with van der Waals surface area (Å²) in [5, 5.41) is 5.33. The summed E-state index contributed by atoms with van der Waals surface area (Å²) in [6, 6.07) is 7.97. The fraction of sp³-hybridized carbons (Fsp3) is 0.400. The van der Waals surface area contributed by atoms with Crippen molar-refractivity contribution in [2.24, 2.45) is 5.92 Å². The molecule has 0 aromatic heterocycles. The van der Waals surface area contributed by atoms with Gasteiger partial charge in [0, 0.05) is 5.69 Å². The van der Waals surface area contributed by atoms with Crippen LogP contribution < -0.4 is 10.6 Å². The number of esters is 2. The Labute approximate surface area is 168 Å². The molecule has 2 atom stereocenters. The number of hydrogen-bond donors (Lipinski definition) is 2. The molecule has 1 aromatic carbocycles. The van der Waals surface area contributed by atoms with E-state index in [1.54, 1.807) is 31.2 Å². The number of carbonyl (C=O) groups is 4. The fourth-order valence-corrected chi connectivity index (χ4v) is 2.58. The molecule has 0 radical (unpaired) electrons. The van der Waals surface area contributed by atoms with Crippen LogP contribution in [-0.4, -0.2) is 50.0 Å². The van der Waals surface area contributed by atoms with Gasteiger partial charge in [-0.1, -0.05) is 38.5 Å². The number of rotatable bonds is 9. The number of hydrogen-bond acceptors (Lipinski definition) is 8. The summed E-state index contributed by atoms with van der Waals surface area (Å²) in [6.07, 6.45) is 0.632. The Bertz CT molecular complexity index is 804. The second-order valence-corrected chi connectivity index (χ2v) is 6.44. The molecular weight excluding hydrogens is 380 g/mol. The van der Waals surface area contributed by atoms with Gasteiger partial charge in [-0.3, -0.25) is 9.59 Å². The van der Waals surface area contributed by atoms with Gasteiger partial charge in [0.25, 0.3) is 5.91 Å². The summed E-state index contributed by atoms with van der Waals surface area (Å²) in [5.74, 6) is -3.01. The summed E-state index contributed by atoms with van der Waals surface area (Å²) >= 11 is 0. The van der Waals surface area contributed by atoms with Gasteiger partial charge >= 0.3 is 11.9 Å². The number of para-hydroxylation sites is 1. The zero-order valence-corrected chi connectivity index (χ0v) is 16.5. The van der Waals surface area contributed by atoms with Crippen molar-refractivity contribution in [1.29, 1.82) is 0 Å².